The first-order chi connectivity index (χ1) is 9.54. The van der Waals surface area contributed by atoms with Crippen LogP contribution in [0.4, 0.5) is 5.69 Å². The fraction of sp³-hybridized carbons (Fsp3) is 0.0769. The standard InChI is InChI=1S/C13H9BrClN3O2/c14-9-2-8-10(18-13(19)12(8)16)3-11(9)20-7-1-6(15)4-17-5-7/h1-5,12H,16H2,(H,18,19). The molecule has 1 aromatic heterocycles. The fourth-order valence-electron chi connectivity index (χ4n) is 1.94. The molecule has 0 bridgehead atoms. The van der Waals surface area contributed by atoms with Crippen molar-refractivity contribution in [2.45, 2.75) is 6.04 Å². The molecule has 3 rings (SSSR count). The van der Waals surface area contributed by atoms with E-state index in [-0.39, 0.29) is 5.91 Å². The lowest BCUT2D eigenvalue weighted by Gasteiger charge is -2.10. The fourth-order valence-corrected chi connectivity index (χ4v) is 2.55. The zero-order chi connectivity index (χ0) is 14.3. The highest BCUT2D eigenvalue weighted by atomic mass is 79.9. The van der Waals surface area contributed by atoms with E-state index in [1.165, 1.54) is 6.20 Å². The molecule has 0 fully saturated rings. The minimum atomic E-state index is -0.650. The summed E-state index contributed by atoms with van der Waals surface area (Å²) in [6, 6.07) is 4.48. The van der Waals surface area contributed by atoms with Gasteiger partial charge in [0.1, 0.15) is 17.5 Å². The molecule has 1 aromatic carbocycles. The molecule has 0 spiro atoms. The summed E-state index contributed by atoms with van der Waals surface area (Å²) >= 11 is 9.26. The number of fused-ring (bicyclic) bond motifs is 1. The van der Waals surface area contributed by atoms with Crippen molar-refractivity contribution in [1.29, 1.82) is 0 Å². The average Bonchev–Trinajstić information content (AvgIpc) is 2.66. The SMILES string of the molecule is NC1C(=O)Nc2cc(Oc3cncc(Cl)c3)c(Br)cc21. The summed E-state index contributed by atoms with van der Waals surface area (Å²) in [5, 5.41) is 3.19. The van der Waals surface area contributed by atoms with Crippen molar-refractivity contribution in [2.24, 2.45) is 5.73 Å². The Morgan fingerprint density at radius 1 is 1.35 bits per heavy atom. The topological polar surface area (TPSA) is 77.2 Å². The lowest BCUT2D eigenvalue weighted by atomic mass is 10.1. The van der Waals surface area contributed by atoms with Gasteiger partial charge in [0, 0.05) is 29.6 Å². The van der Waals surface area contributed by atoms with Gasteiger partial charge in [-0.1, -0.05) is 11.6 Å². The molecule has 1 amide bonds. The summed E-state index contributed by atoms with van der Waals surface area (Å²) in [7, 11) is 0. The minimum Gasteiger partial charge on any atom is -0.454 e. The second kappa shape index (κ2) is 5.05. The van der Waals surface area contributed by atoms with Gasteiger partial charge in [0.25, 0.3) is 0 Å². The molecule has 2 aromatic rings. The van der Waals surface area contributed by atoms with E-state index >= 15 is 0 Å². The summed E-state index contributed by atoms with van der Waals surface area (Å²) in [5.41, 5.74) is 7.16. The number of nitrogens with one attached hydrogen (secondary N) is 1. The van der Waals surface area contributed by atoms with Crippen molar-refractivity contribution in [3.8, 4) is 11.5 Å². The first kappa shape index (κ1) is 13.4. The minimum absolute atomic E-state index is 0.228. The molecule has 1 aliphatic heterocycles. The van der Waals surface area contributed by atoms with E-state index in [9.17, 15) is 4.79 Å². The van der Waals surface area contributed by atoms with Crippen LogP contribution in [0.2, 0.25) is 5.02 Å². The quantitative estimate of drug-likeness (QED) is 0.868. The molecular formula is C13H9BrClN3O2. The maximum Gasteiger partial charge on any atom is 0.245 e. The molecule has 5 nitrogen and oxygen atoms in total. The summed E-state index contributed by atoms with van der Waals surface area (Å²) < 4.78 is 6.40. The summed E-state index contributed by atoms with van der Waals surface area (Å²) in [4.78, 5) is 15.5. The van der Waals surface area contributed by atoms with Crippen molar-refractivity contribution in [2.75, 3.05) is 5.32 Å². The van der Waals surface area contributed by atoms with Gasteiger partial charge in [0.15, 0.2) is 0 Å². The third-order valence-electron chi connectivity index (χ3n) is 2.89. The lowest BCUT2D eigenvalue weighted by molar-refractivity contribution is -0.116. The smallest absolute Gasteiger partial charge is 0.245 e. The van der Waals surface area contributed by atoms with Crippen LogP contribution < -0.4 is 15.8 Å². The molecular weight excluding hydrogens is 346 g/mol. The third kappa shape index (κ3) is 2.37. The van der Waals surface area contributed by atoms with Gasteiger partial charge < -0.3 is 15.8 Å². The van der Waals surface area contributed by atoms with Crippen molar-refractivity contribution < 1.29 is 9.53 Å². The molecule has 0 saturated heterocycles. The lowest BCUT2D eigenvalue weighted by Crippen LogP contribution is -2.19. The van der Waals surface area contributed by atoms with Crippen LogP contribution in [0.5, 0.6) is 11.5 Å². The largest absolute Gasteiger partial charge is 0.454 e. The monoisotopic (exact) mass is 353 g/mol. The van der Waals surface area contributed by atoms with Gasteiger partial charge in [-0.2, -0.15) is 0 Å². The summed E-state index contributed by atoms with van der Waals surface area (Å²) in [6.07, 6.45) is 3.07. The molecule has 3 N–H and O–H groups in total. The zero-order valence-corrected chi connectivity index (χ0v) is 12.4. The van der Waals surface area contributed by atoms with E-state index in [0.29, 0.717) is 26.7 Å². The molecule has 20 heavy (non-hydrogen) atoms. The summed E-state index contributed by atoms with van der Waals surface area (Å²) in [6.45, 7) is 0. The second-order valence-electron chi connectivity index (χ2n) is 4.28. The number of benzene rings is 1. The van der Waals surface area contributed by atoms with E-state index in [1.54, 1.807) is 24.4 Å². The Bertz CT molecular complexity index is 708. The predicted molar refractivity (Wildman–Crippen MR) is 79.0 cm³/mol. The van der Waals surface area contributed by atoms with Crippen LogP contribution in [0, 0.1) is 0 Å². The van der Waals surface area contributed by atoms with Crippen LogP contribution in [0.15, 0.2) is 35.1 Å². The number of amides is 1. The first-order valence-corrected chi connectivity index (χ1v) is 6.90. The Morgan fingerprint density at radius 3 is 2.90 bits per heavy atom. The molecule has 7 heteroatoms. The first-order valence-electron chi connectivity index (χ1n) is 5.73. The molecule has 0 radical (unpaired) electrons. The number of pyridine rings is 1. The Kier molecular flexibility index (Phi) is 3.37. The van der Waals surface area contributed by atoms with E-state index in [0.717, 1.165) is 5.56 Å². The Hall–Kier alpha value is -1.63. The number of nitrogens with two attached hydrogens (primary N) is 1. The molecule has 0 saturated carbocycles. The molecule has 1 atom stereocenters. The molecule has 1 aliphatic rings. The number of aromatic nitrogens is 1. The maximum absolute atomic E-state index is 11.5. The predicted octanol–water partition coefficient (Wildman–Crippen LogP) is 3.24. The summed E-state index contributed by atoms with van der Waals surface area (Å²) in [5.74, 6) is 0.822. The van der Waals surface area contributed by atoms with Gasteiger partial charge in [-0.25, -0.2) is 0 Å². The molecule has 1 unspecified atom stereocenters. The highest BCUT2D eigenvalue weighted by Gasteiger charge is 2.28. The highest BCUT2D eigenvalue weighted by molar-refractivity contribution is 9.10. The number of carbonyl (C=O) groups excluding carboxylic acids is 1. The van der Waals surface area contributed by atoms with E-state index in [1.807, 2.05) is 0 Å². The number of carbonyl (C=O) groups is 1. The Morgan fingerprint density at radius 2 is 2.15 bits per heavy atom. The van der Waals surface area contributed by atoms with E-state index in [2.05, 4.69) is 26.2 Å². The number of anilines is 1. The van der Waals surface area contributed by atoms with Crippen molar-refractivity contribution in [3.63, 3.8) is 0 Å². The van der Waals surface area contributed by atoms with Gasteiger partial charge >= 0.3 is 0 Å². The number of ether oxygens (including phenoxy) is 1. The Balaban J connectivity index is 1.96. The number of hydrogen-bond acceptors (Lipinski definition) is 4. The van der Waals surface area contributed by atoms with Gasteiger partial charge in [-0.15, -0.1) is 0 Å². The normalized spacial score (nSPS) is 16.8. The van der Waals surface area contributed by atoms with Crippen LogP contribution in [-0.4, -0.2) is 10.9 Å². The molecule has 102 valence electrons. The maximum atomic E-state index is 11.5. The van der Waals surface area contributed by atoms with Crippen LogP contribution in [-0.2, 0) is 4.79 Å². The Labute approximate surface area is 128 Å². The van der Waals surface area contributed by atoms with Crippen molar-refractivity contribution >= 4 is 39.1 Å². The highest BCUT2D eigenvalue weighted by Crippen LogP contribution is 2.39. The molecule has 2 heterocycles. The number of nitrogens with zero attached hydrogens (tertiary/aromatic N) is 1. The van der Waals surface area contributed by atoms with Gasteiger partial charge in [-0.05, 0) is 22.0 Å². The number of hydrogen-bond donors (Lipinski definition) is 2. The van der Waals surface area contributed by atoms with Crippen LogP contribution in [0.3, 0.4) is 0 Å². The van der Waals surface area contributed by atoms with Gasteiger partial charge in [-0.3, -0.25) is 9.78 Å². The zero-order valence-electron chi connectivity index (χ0n) is 10.1. The number of rotatable bonds is 2. The van der Waals surface area contributed by atoms with Gasteiger partial charge in [0.2, 0.25) is 5.91 Å². The third-order valence-corrected chi connectivity index (χ3v) is 3.71. The second-order valence-corrected chi connectivity index (χ2v) is 5.57. The van der Waals surface area contributed by atoms with Gasteiger partial charge in [0.05, 0.1) is 15.7 Å². The van der Waals surface area contributed by atoms with E-state index < -0.39 is 6.04 Å². The van der Waals surface area contributed by atoms with Crippen LogP contribution in [0.25, 0.3) is 0 Å². The van der Waals surface area contributed by atoms with Crippen LogP contribution in [0.1, 0.15) is 11.6 Å². The van der Waals surface area contributed by atoms with Crippen molar-refractivity contribution in [1.82, 2.24) is 4.98 Å². The van der Waals surface area contributed by atoms with E-state index in [4.69, 9.17) is 22.1 Å². The number of halogens is 2. The average molecular weight is 355 g/mol. The van der Waals surface area contributed by atoms with Crippen molar-refractivity contribution in [3.05, 3.63) is 45.7 Å². The molecule has 0 aliphatic carbocycles. The van der Waals surface area contributed by atoms with Crippen LogP contribution >= 0.6 is 27.5 Å².